The molecule has 0 unspecified atom stereocenters. The Hall–Kier alpha value is -3.62. The molecule has 3 aromatic heterocycles. The second-order valence-corrected chi connectivity index (χ2v) is 5.99. The molecule has 136 valence electrons. The van der Waals surface area contributed by atoms with E-state index in [0.717, 1.165) is 5.56 Å². The normalized spacial score (nSPS) is 11.0. The van der Waals surface area contributed by atoms with Crippen molar-refractivity contribution in [2.75, 3.05) is 0 Å². The SMILES string of the molecule is Cc1noc(-c2ccn3c(CNC(=O)Cc4cccc(F)c4)nnc3c2)n1. The number of pyridine rings is 1. The summed E-state index contributed by atoms with van der Waals surface area (Å²) < 4.78 is 20.1. The van der Waals surface area contributed by atoms with Gasteiger partial charge in [-0.15, -0.1) is 10.2 Å². The van der Waals surface area contributed by atoms with Crippen LogP contribution < -0.4 is 5.32 Å². The van der Waals surface area contributed by atoms with Crippen molar-refractivity contribution >= 4 is 11.6 Å². The third kappa shape index (κ3) is 3.66. The molecule has 4 aromatic rings. The van der Waals surface area contributed by atoms with Gasteiger partial charge in [-0.1, -0.05) is 17.3 Å². The zero-order chi connectivity index (χ0) is 18.8. The number of carbonyl (C=O) groups excluding carboxylic acids is 1. The molecular weight excluding hydrogens is 351 g/mol. The molecule has 0 bridgehead atoms. The molecule has 4 rings (SSSR count). The molecule has 0 spiro atoms. The third-order valence-corrected chi connectivity index (χ3v) is 3.95. The Bertz CT molecular complexity index is 1120. The number of rotatable bonds is 5. The zero-order valence-electron chi connectivity index (χ0n) is 14.4. The average molecular weight is 366 g/mol. The van der Waals surface area contributed by atoms with Crippen LogP contribution in [0.4, 0.5) is 4.39 Å². The summed E-state index contributed by atoms with van der Waals surface area (Å²) in [5.74, 6) is 0.938. The van der Waals surface area contributed by atoms with E-state index in [2.05, 4.69) is 25.7 Å². The lowest BCUT2D eigenvalue weighted by atomic mass is 10.1. The molecule has 1 amide bonds. The van der Waals surface area contributed by atoms with Crippen molar-refractivity contribution in [1.82, 2.24) is 30.1 Å². The van der Waals surface area contributed by atoms with E-state index in [1.54, 1.807) is 41.8 Å². The van der Waals surface area contributed by atoms with E-state index in [0.29, 0.717) is 28.8 Å². The third-order valence-electron chi connectivity index (χ3n) is 3.95. The minimum atomic E-state index is -0.365. The highest BCUT2D eigenvalue weighted by atomic mass is 19.1. The maximum atomic E-state index is 13.2. The zero-order valence-corrected chi connectivity index (χ0v) is 14.4. The monoisotopic (exact) mass is 366 g/mol. The Kier molecular flexibility index (Phi) is 4.33. The standard InChI is InChI=1S/C18H15FN6O2/c1-11-21-18(27-24-11)13-5-6-25-15(9-13)22-23-16(25)10-20-17(26)8-12-3-2-4-14(19)7-12/h2-7,9H,8,10H2,1H3,(H,20,26). The fraction of sp³-hybridized carbons (Fsp3) is 0.167. The van der Waals surface area contributed by atoms with E-state index in [9.17, 15) is 9.18 Å². The van der Waals surface area contributed by atoms with Crippen molar-refractivity contribution in [1.29, 1.82) is 0 Å². The fourth-order valence-corrected chi connectivity index (χ4v) is 2.68. The average Bonchev–Trinajstić information content (AvgIpc) is 3.25. The summed E-state index contributed by atoms with van der Waals surface area (Å²) in [5, 5.41) is 14.7. The number of hydrogen-bond acceptors (Lipinski definition) is 6. The van der Waals surface area contributed by atoms with Gasteiger partial charge in [-0.05, 0) is 36.8 Å². The van der Waals surface area contributed by atoms with Crippen molar-refractivity contribution in [3.8, 4) is 11.5 Å². The molecule has 27 heavy (non-hydrogen) atoms. The lowest BCUT2D eigenvalue weighted by Crippen LogP contribution is -2.25. The Morgan fingerprint density at radius 1 is 1.26 bits per heavy atom. The predicted octanol–water partition coefficient (Wildman–Crippen LogP) is 2.09. The topological polar surface area (TPSA) is 98.2 Å². The highest BCUT2D eigenvalue weighted by molar-refractivity contribution is 5.78. The first kappa shape index (κ1) is 16.8. The number of halogens is 1. The summed E-state index contributed by atoms with van der Waals surface area (Å²) in [4.78, 5) is 16.3. The number of carbonyl (C=O) groups is 1. The molecule has 0 aliphatic rings. The number of nitrogens with zero attached hydrogens (tertiary/aromatic N) is 5. The van der Waals surface area contributed by atoms with E-state index in [4.69, 9.17) is 4.52 Å². The van der Waals surface area contributed by atoms with Crippen molar-refractivity contribution in [2.24, 2.45) is 0 Å². The fourth-order valence-electron chi connectivity index (χ4n) is 2.68. The van der Waals surface area contributed by atoms with E-state index in [-0.39, 0.29) is 24.7 Å². The van der Waals surface area contributed by atoms with Gasteiger partial charge in [-0.25, -0.2) is 4.39 Å². The lowest BCUT2D eigenvalue weighted by Gasteiger charge is -2.05. The molecule has 9 heteroatoms. The minimum absolute atomic E-state index is 0.0924. The van der Waals surface area contributed by atoms with E-state index < -0.39 is 0 Å². The van der Waals surface area contributed by atoms with Crippen LogP contribution in [0, 0.1) is 12.7 Å². The molecule has 0 aliphatic carbocycles. The van der Waals surface area contributed by atoms with Crippen molar-refractivity contribution < 1.29 is 13.7 Å². The van der Waals surface area contributed by atoms with Crippen LogP contribution in [-0.4, -0.2) is 30.6 Å². The van der Waals surface area contributed by atoms with Crippen molar-refractivity contribution in [3.05, 3.63) is 65.6 Å². The minimum Gasteiger partial charge on any atom is -0.348 e. The number of aryl methyl sites for hydroxylation is 1. The Morgan fingerprint density at radius 3 is 2.93 bits per heavy atom. The van der Waals surface area contributed by atoms with Gasteiger partial charge < -0.3 is 9.84 Å². The molecule has 0 saturated heterocycles. The largest absolute Gasteiger partial charge is 0.348 e. The molecule has 3 heterocycles. The van der Waals surface area contributed by atoms with Crippen LogP contribution in [0.5, 0.6) is 0 Å². The molecule has 0 fully saturated rings. The van der Waals surface area contributed by atoms with Crippen LogP contribution in [0.2, 0.25) is 0 Å². The van der Waals surface area contributed by atoms with Gasteiger partial charge in [0.05, 0.1) is 13.0 Å². The molecule has 0 aliphatic heterocycles. The van der Waals surface area contributed by atoms with Gasteiger partial charge in [0.2, 0.25) is 5.91 Å². The number of amides is 1. The van der Waals surface area contributed by atoms with Gasteiger partial charge in [0.15, 0.2) is 17.3 Å². The highest BCUT2D eigenvalue weighted by Crippen LogP contribution is 2.18. The first-order valence-corrected chi connectivity index (χ1v) is 8.24. The van der Waals surface area contributed by atoms with Gasteiger partial charge in [0.1, 0.15) is 5.82 Å². The van der Waals surface area contributed by atoms with Crippen LogP contribution in [-0.2, 0) is 17.8 Å². The smallest absolute Gasteiger partial charge is 0.258 e. The predicted molar refractivity (Wildman–Crippen MR) is 93.0 cm³/mol. The van der Waals surface area contributed by atoms with Crippen molar-refractivity contribution in [3.63, 3.8) is 0 Å². The molecule has 8 nitrogen and oxygen atoms in total. The number of aromatic nitrogens is 5. The first-order valence-electron chi connectivity index (χ1n) is 8.24. The molecule has 0 radical (unpaired) electrons. The summed E-state index contributed by atoms with van der Waals surface area (Å²) >= 11 is 0. The maximum Gasteiger partial charge on any atom is 0.258 e. The summed E-state index contributed by atoms with van der Waals surface area (Å²) in [5.41, 5.74) is 1.94. The second kappa shape index (κ2) is 6.94. The number of hydrogen-bond donors (Lipinski definition) is 1. The lowest BCUT2D eigenvalue weighted by molar-refractivity contribution is -0.120. The molecule has 0 atom stereocenters. The summed E-state index contributed by atoms with van der Waals surface area (Å²) in [6.07, 6.45) is 1.87. The molecule has 1 N–H and O–H groups in total. The Morgan fingerprint density at radius 2 is 2.15 bits per heavy atom. The summed E-state index contributed by atoms with van der Waals surface area (Å²) in [6, 6.07) is 9.54. The second-order valence-electron chi connectivity index (χ2n) is 5.99. The quantitative estimate of drug-likeness (QED) is 0.581. The van der Waals surface area contributed by atoms with Gasteiger partial charge in [-0.2, -0.15) is 4.98 Å². The molecule has 1 aromatic carbocycles. The van der Waals surface area contributed by atoms with Crippen LogP contribution in [0.3, 0.4) is 0 Å². The maximum absolute atomic E-state index is 13.2. The summed E-state index contributed by atoms with van der Waals surface area (Å²) in [7, 11) is 0. The van der Waals surface area contributed by atoms with E-state index >= 15 is 0 Å². The molecular formula is C18H15FN6O2. The van der Waals surface area contributed by atoms with Crippen LogP contribution in [0.1, 0.15) is 17.2 Å². The van der Waals surface area contributed by atoms with Gasteiger partial charge >= 0.3 is 0 Å². The van der Waals surface area contributed by atoms with E-state index in [1.807, 2.05) is 0 Å². The van der Waals surface area contributed by atoms with Gasteiger partial charge in [0, 0.05) is 11.8 Å². The Labute approximate surface area is 153 Å². The number of fused-ring (bicyclic) bond motifs is 1. The number of benzene rings is 1. The summed E-state index contributed by atoms with van der Waals surface area (Å²) in [6.45, 7) is 1.95. The number of nitrogens with one attached hydrogen (secondary N) is 1. The van der Waals surface area contributed by atoms with Crippen LogP contribution in [0.15, 0.2) is 47.1 Å². The Balaban J connectivity index is 1.45. The van der Waals surface area contributed by atoms with Crippen LogP contribution in [0.25, 0.3) is 17.1 Å². The molecule has 0 saturated carbocycles. The van der Waals surface area contributed by atoms with Gasteiger partial charge in [0.25, 0.3) is 5.89 Å². The van der Waals surface area contributed by atoms with Gasteiger partial charge in [-0.3, -0.25) is 9.20 Å². The van der Waals surface area contributed by atoms with E-state index in [1.165, 1.54) is 12.1 Å². The highest BCUT2D eigenvalue weighted by Gasteiger charge is 2.12. The van der Waals surface area contributed by atoms with Crippen LogP contribution >= 0.6 is 0 Å². The first-order chi connectivity index (χ1) is 13.1. The van der Waals surface area contributed by atoms with Crippen molar-refractivity contribution in [2.45, 2.75) is 19.9 Å².